The second-order valence-electron chi connectivity index (χ2n) is 6.71. The van der Waals surface area contributed by atoms with E-state index in [2.05, 4.69) is 10.3 Å². The molecule has 158 valence electrons. The molecule has 7 nitrogen and oxygen atoms in total. The topological polar surface area (TPSA) is 90.3 Å². The first kappa shape index (κ1) is 22.0. The number of halogens is 1. The van der Waals surface area contributed by atoms with E-state index in [-0.39, 0.29) is 30.7 Å². The molecule has 0 spiro atoms. The number of fused-ring (bicyclic) bond motifs is 1. The molecular weight excluding hydrogens is 426 g/mol. The van der Waals surface area contributed by atoms with E-state index in [1.54, 1.807) is 26.0 Å². The fraction of sp³-hybridized carbons (Fsp3) is 0.333. The smallest absolute Gasteiger partial charge is 0.348 e. The van der Waals surface area contributed by atoms with Crippen molar-refractivity contribution in [1.29, 1.82) is 0 Å². The van der Waals surface area contributed by atoms with Gasteiger partial charge in [0.05, 0.1) is 24.4 Å². The minimum absolute atomic E-state index is 0.171. The third-order valence-corrected chi connectivity index (χ3v) is 6.14. The summed E-state index contributed by atoms with van der Waals surface area (Å²) in [5.74, 6) is -0.783. The molecule has 1 aromatic carbocycles. The molecule has 0 saturated carbocycles. The van der Waals surface area contributed by atoms with Crippen LogP contribution in [0.5, 0.6) is 0 Å². The van der Waals surface area contributed by atoms with Gasteiger partial charge in [0, 0.05) is 5.02 Å². The zero-order valence-electron chi connectivity index (χ0n) is 16.9. The molecule has 30 heavy (non-hydrogen) atoms. The molecule has 0 aliphatic carbocycles. The first-order valence-corrected chi connectivity index (χ1v) is 10.8. The Balaban J connectivity index is 1.83. The summed E-state index contributed by atoms with van der Waals surface area (Å²) in [4.78, 5) is 42.7. The summed E-state index contributed by atoms with van der Waals surface area (Å²) in [5.41, 5.74) is 1.09. The number of carbonyl (C=O) groups is 2. The van der Waals surface area contributed by atoms with Crippen LogP contribution in [0.1, 0.15) is 47.1 Å². The summed E-state index contributed by atoms with van der Waals surface area (Å²) < 4.78 is 6.29. The van der Waals surface area contributed by atoms with Crippen LogP contribution in [-0.2, 0) is 16.1 Å². The highest BCUT2D eigenvalue weighted by Crippen LogP contribution is 2.27. The Labute approximate surface area is 182 Å². The number of aromatic nitrogens is 2. The second-order valence-corrected chi connectivity index (χ2v) is 8.15. The van der Waals surface area contributed by atoms with Gasteiger partial charge in [-0.05, 0) is 43.5 Å². The van der Waals surface area contributed by atoms with Crippen LogP contribution >= 0.6 is 22.9 Å². The zero-order valence-corrected chi connectivity index (χ0v) is 18.5. The normalized spacial score (nSPS) is 12.0. The van der Waals surface area contributed by atoms with Crippen LogP contribution in [0.3, 0.4) is 0 Å². The number of thiophene rings is 1. The summed E-state index contributed by atoms with van der Waals surface area (Å²) in [6.45, 7) is 5.45. The van der Waals surface area contributed by atoms with E-state index in [0.717, 1.165) is 16.9 Å². The number of benzene rings is 1. The van der Waals surface area contributed by atoms with Crippen molar-refractivity contribution in [2.45, 2.75) is 39.8 Å². The van der Waals surface area contributed by atoms with Crippen molar-refractivity contribution in [2.24, 2.45) is 0 Å². The van der Waals surface area contributed by atoms with Crippen LogP contribution in [0.15, 0.2) is 35.4 Å². The summed E-state index contributed by atoms with van der Waals surface area (Å²) in [6.07, 6.45) is 2.02. The van der Waals surface area contributed by atoms with Crippen molar-refractivity contribution in [3.05, 3.63) is 62.0 Å². The average Bonchev–Trinajstić information content (AvgIpc) is 3.06. The minimum Gasteiger partial charge on any atom is -0.462 e. The van der Waals surface area contributed by atoms with Crippen LogP contribution in [0.2, 0.25) is 5.02 Å². The highest BCUT2D eigenvalue weighted by Gasteiger charge is 2.21. The molecule has 3 rings (SSSR count). The molecular formula is C21H22ClN3O4S. The van der Waals surface area contributed by atoms with Gasteiger partial charge < -0.3 is 10.1 Å². The highest BCUT2D eigenvalue weighted by atomic mass is 35.5. The number of amides is 1. The van der Waals surface area contributed by atoms with E-state index < -0.39 is 5.97 Å². The fourth-order valence-electron chi connectivity index (χ4n) is 3.17. The maximum atomic E-state index is 12.9. The van der Waals surface area contributed by atoms with Crippen molar-refractivity contribution in [2.75, 3.05) is 6.61 Å². The third kappa shape index (κ3) is 4.55. The summed E-state index contributed by atoms with van der Waals surface area (Å²) >= 11 is 7.04. The van der Waals surface area contributed by atoms with Gasteiger partial charge in [-0.25, -0.2) is 9.78 Å². The van der Waals surface area contributed by atoms with Gasteiger partial charge in [-0.1, -0.05) is 30.7 Å². The van der Waals surface area contributed by atoms with Crippen LogP contribution in [0.25, 0.3) is 10.2 Å². The van der Waals surface area contributed by atoms with E-state index in [1.807, 2.05) is 19.1 Å². The van der Waals surface area contributed by atoms with Crippen molar-refractivity contribution in [3.63, 3.8) is 0 Å². The molecule has 0 aliphatic heterocycles. The fourth-order valence-corrected chi connectivity index (χ4v) is 4.33. The lowest BCUT2D eigenvalue weighted by atomic mass is 10.0. The van der Waals surface area contributed by atoms with Gasteiger partial charge in [-0.3, -0.25) is 14.2 Å². The molecule has 0 fully saturated rings. The summed E-state index contributed by atoms with van der Waals surface area (Å²) in [6, 6.07) is 7.08. The molecule has 1 amide bonds. The zero-order chi connectivity index (χ0) is 21.8. The SMILES string of the molecule is CCOC(=O)c1sc2ncn(CC(=O)NC(CC)c3ccc(Cl)cc3)c(=O)c2c1C. The van der Waals surface area contributed by atoms with Crippen LogP contribution in [-0.4, -0.2) is 28.0 Å². The molecule has 0 bridgehead atoms. The molecule has 1 N–H and O–H groups in total. The monoisotopic (exact) mass is 447 g/mol. The number of ether oxygens (including phenoxy) is 1. The van der Waals surface area contributed by atoms with Crippen LogP contribution < -0.4 is 10.9 Å². The lowest BCUT2D eigenvalue weighted by molar-refractivity contribution is -0.122. The van der Waals surface area contributed by atoms with Gasteiger partial charge in [0.25, 0.3) is 5.56 Å². The van der Waals surface area contributed by atoms with Gasteiger partial charge in [0.1, 0.15) is 16.3 Å². The first-order chi connectivity index (χ1) is 14.3. The third-order valence-electron chi connectivity index (χ3n) is 4.71. The Kier molecular flexibility index (Phi) is 6.89. The van der Waals surface area contributed by atoms with Crippen molar-refractivity contribution >= 4 is 45.0 Å². The number of hydrogen-bond acceptors (Lipinski definition) is 6. The summed E-state index contributed by atoms with van der Waals surface area (Å²) in [7, 11) is 0. The van der Waals surface area contributed by atoms with E-state index in [0.29, 0.717) is 32.1 Å². The molecule has 2 aromatic heterocycles. The molecule has 0 radical (unpaired) electrons. The molecule has 0 saturated heterocycles. The minimum atomic E-state index is -0.476. The molecule has 3 aromatic rings. The molecule has 1 unspecified atom stereocenters. The molecule has 9 heteroatoms. The van der Waals surface area contributed by atoms with Gasteiger partial charge in [0.2, 0.25) is 5.91 Å². The number of hydrogen-bond donors (Lipinski definition) is 1. The first-order valence-electron chi connectivity index (χ1n) is 9.56. The number of nitrogens with zero attached hydrogens (tertiary/aromatic N) is 2. The van der Waals surface area contributed by atoms with E-state index in [1.165, 1.54) is 10.9 Å². The lowest BCUT2D eigenvalue weighted by Crippen LogP contribution is -2.34. The van der Waals surface area contributed by atoms with Crippen molar-refractivity contribution in [1.82, 2.24) is 14.9 Å². The number of esters is 1. The predicted octanol–water partition coefficient (Wildman–Crippen LogP) is 3.86. The van der Waals surface area contributed by atoms with E-state index in [4.69, 9.17) is 16.3 Å². The summed E-state index contributed by atoms with van der Waals surface area (Å²) in [5, 5.41) is 3.90. The van der Waals surface area contributed by atoms with Gasteiger partial charge in [-0.2, -0.15) is 0 Å². The number of aryl methyl sites for hydroxylation is 1. The van der Waals surface area contributed by atoms with E-state index in [9.17, 15) is 14.4 Å². The standard InChI is InChI=1S/C21H22ClN3O4S/c1-4-15(13-6-8-14(22)9-7-13)24-16(26)10-25-11-23-19-17(20(25)27)12(3)18(30-19)21(28)29-5-2/h6-9,11,15H,4-5,10H2,1-3H3,(H,24,26). The number of carbonyl (C=O) groups excluding carboxylic acids is 2. The maximum Gasteiger partial charge on any atom is 0.348 e. The highest BCUT2D eigenvalue weighted by molar-refractivity contribution is 7.20. The Bertz CT molecular complexity index is 1140. The van der Waals surface area contributed by atoms with Crippen LogP contribution in [0, 0.1) is 6.92 Å². The van der Waals surface area contributed by atoms with Gasteiger partial charge in [0.15, 0.2) is 0 Å². The molecule has 0 aliphatic rings. The predicted molar refractivity (Wildman–Crippen MR) is 117 cm³/mol. The second kappa shape index (κ2) is 9.40. The number of rotatable bonds is 7. The van der Waals surface area contributed by atoms with Gasteiger partial charge in [-0.15, -0.1) is 11.3 Å². The molecule has 2 heterocycles. The Hall–Kier alpha value is -2.71. The quantitative estimate of drug-likeness (QED) is 0.555. The maximum absolute atomic E-state index is 12.9. The Morgan fingerprint density at radius 3 is 2.60 bits per heavy atom. The Morgan fingerprint density at radius 2 is 1.97 bits per heavy atom. The number of nitrogens with one attached hydrogen (secondary N) is 1. The largest absolute Gasteiger partial charge is 0.462 e. The Morgan fingerprint density at radius 1 is 1.27 bits per heavy atom. The van der Waals surface area contributed by atoms with Crippen LogP contribution in [0.4, 0.5) is 0 Å². The van der Waals surface area contributed by atoms with E-state index >= 15 is 0 Å². The average molecular weight is 448 g/mol. The van der Waals surface area contributed by atoms with Crippen molar-refractivity contribution in [3.8, 4) is 0 Å². The van der Waals surface area contributed by atoms with Crippen molar-refractivity contribution < 1.29 is 14.3 Å². The molecule has 1 atom stereocenters. The van der Waals surface area contributed by atoms with Gasteiger partial charge >= 0.3 is 5.97 Å². The lowest BCUT2D eigenvalue weighted by Gasteiger charge is -2.18.